The Morgan fingerprint density at radius 3 is 2.68 bits per heavy atom. The van der Waals surface area contributed by atoms with Crippen LogP contribution in [0.1, 0.15) is 23.0 Å². The molecule has 0 saturated heterocycles. The molecule has 6 heteroatoms. The molecule has 0 fully saturated rings. The van der Waals surface area contributed by atoms with Gasteiger partial charge in [-0.25, -0.2) is 4.79 Å². The number of hydrogen-bond acceptors (Lipinski definition) is 3. The van der Waals surface area contributed by atoms with Crippen LogP contribution in [0.2, 0.25) is 5.02 Å². The van der Waals surface area contributed by atoms with Gasteiger partial charge in [0.2, 0.25) is 0 Å². The molecule has 0 saturated carbocycles. The molecule has 128 valence electrons. The summed E-state index contributed by atoms with van der Waals surface area (Å²) in [6, 6.07) is 14.4. The number of aryl methyl sites for hydroxylation is 1. The Morgan fingerprint density at radius 2 is 1.92 bits per heavy atom. The smallest absolute Gasteiger partial charge is 0.355 e. The van der Waals surface area contributed by atoms with Gasteiger partial charge < -0.3 is 15.0 Å². The van der Waals surface area contributed by atoms with Crippen molar-refractivity contribution in [3.05, 3.63) is 64.8 Å². The summed E-state index contributed by atoms with van der Waals surface area (Å²) >= 11 is 5.94. The number of aromatic nitrogens is 1. The monoisotopic (exact) mass is 356 g/mol. The van der Waals surface area contributed by atoms with Gasteiger partial charge in [0, 0.05) is 21.6 Å². The third kappa shape index (κ3) is 3.83. The van der Waals surface area contributed by atoms with E-state index in [1.807, 2.05) is 31.2 Å². The predicted octanol–water partition coefficient (Wildman–Crippen LogP) is 4.31. The van der Waals surface area contributed by atoms with E-state index >= 15 is 0 Å². The van der Waals surface area contributed by atoms with Gasteiger partial charge in [-0.2, -0.15) is 0 Å². The first-order chi connectivity index (χ1) is 11.9. The van der Waals surface area contributed by atoms with E-state index in [2.05, 4.69) is 10.3 Å². The first kappa shape index (κ1) is 17.0. The van der Waals surface area contributed by atoms with Gasteiger partial charge in [0.1, 0.15) is 5.69 Å². The van der Waals surface area contributed by atoms with Crippen molar-refractivity contribution in [1.82, 2.24) is 4.98 Å². The number of aromatic amines is 1. The van der Waals surface area contributed by atoms with Gasteiger partial charge in [-0.3, -0.25) is 4.79 Å². The Kier molecular flexibility index (Phi) is 4.76. The number of esters is 1. The number of nitrogens with one attached hydrogen (secondary N) is 2. The molecule has 0 aliphatic rings. The fourth-order valence-electron chi connectivity index (χ4n) is 2.42. The zero-order valence-corrected chi connectivity index (χ0v) is 14.6. The molecule has 0 aliphatic carbocycles. The van der Waals surface area contributed by atoms with Gasteiger partial charge >= 0.3 is 5.97 Å². The lowest BCUT2D eigenvalue weighted by molar-refractivity contribution is -0.123. The van der Waals surface area contributed by atoms with Crippen LogP contribution in [-0.4, -0.2) is 23.0 Å². The topological polar surface area (TPSA) is 71.2 Å². The first-order valence-electron chi connectivity index (χ1n) is 7.80. The third-order valence-corrected chi connectivity index (χ3v) is 4.10. The Balaban J connectivity index is 1.68. The molecule has 0 bridgehead atoms. The number of hydrogen-bond donors (Lipinski definition) is 2. The summed E-state index contributed by atoms with van der Waals surface area (Å²) in [7, 11) is 0. The second kappa shape index (κ2) is 6.99. The van der Waals surface area contributed by atoms with Crippen LogP contribution >= 0.6 is 11.6 Å². The molecule has 1 heterocycles. The SMILES string of the molecule is Cc1ccc(Cl)cc1NC(=O)C(C)OC(=O)c1cc2ccccc2[nH]1. The standard InChI is InChI=1S/C19H17ClN2O3/c1-11-7-8-14(20)10-16(11)22-18(23)12(2)25-19(24)17-9-13-5-3-4-6-15(13)21-17/h3-10,12,21H,1-2H3,(H,22,23). The van der Waals surface area contributed by atoms with Crippen molar-refractivity contribution in [2.24, 2.45) is 0 Å². The average molecular weight is 357 g/mol. The number of benzene rings is 2. The van der Waals surface area contributed by atoms with Crippen molar-refractivity contribution in [3.63, 3.8) is 0 Å². The number of anilines is 1. The van der Waals surface area contributed by atoms with E-state index in [4.69, 9.17) is 16.3 Å². The number of rotatable bonds is 4. The van der Waals surface area contributed by atoms with Gasteiger partial charge in [0.25, 0.3) is 5.91 Å². The molecule has 1 amide bonds. The number of carbonyl (C=O) groups is 2. The number of amides is 1. The third-order valence-electron chi connectivity index (χ3n) is 3.86. The van der Waals surface area contributed by atoms with Crippen LogP contribution in [0.4, 0.5) is 5.69 Å². The van der Waals surface area contributed by atoms with E-state index in [0.29, 0.717) is 16.4 Å². The van der Waals surface area contributed by atoms with Crippen molar-refractivity contribution in [3.8, 4) is 0 Å². The molecule has 2 N–H and O–H groups in total. The summed E-state index contributed by atoms with van der Waals surface area (Å²) in [6.07, 6.45) is -0.947. The number of para-hydroxylation sites is 1. The van der Waals surface area contributed by atoms with E-state index in [1.54, 1.807) is 24.3 Å². The van der Waals surface area contributed by atoms with Gasteiger partial charge in [0.15, 0.2) is 6.10 Å². The molecule has 1 unspecified atom stereocenters. The highest BCUT2D eigenvalue weighted by Crippen LogP contribution is 2.21. The van der Waals surface area contributed by atoms with Crippen molar-refractivity contribution in [1.29, 1.82) is 0 Å². The lowest BCUT2D eigenvalue weighted by Crippen LogP contribution is -2.30. The zero-order valence-electron chi connectivity index (χ0n) is 13.8. The molecule has 3 aromatic rings. The predicted molar refractivity (Wildman–Crippen MR) is 98.0 cm³/mol. The number of H-pyrrole nitrogens is 1. The fraction of sp³-hybridized carbons (Fsp3) is 0.158. The van der Waals surface area contributed by atoms with Gasteiger partial charge in [-0.15, -0.1) is 0 Å². The van der Waals surface area contributed by atoms with Crippen LogP contribution in [0.15, 0.2) is 48.5 Å². The molecular formula is C19H17ClN2O3. The minimum Gasteiger partial charge on any atom is -0.448 e. The maximum atomic E-state index is 12.3. The second-order valence-electron chi connectivity index (χ2n) is 5.77. The van der Waals surface area contributed by atoms with Crippen LogP contribution in [-0.2, 0) is 9.53 Å². The van der Waals surface area contributed by atoms with Crippen molar-refractivity contribution in [2.75, 3.05) is 5.32 Å². The summed E-state index contributed by atoms with van der Waals surface area (Å²) in [4.78, 5) is 27.5. The van der Waals surface area contributed by atoms with E-state index < -0.39 is 18.0 Å². The molecule has 0 radical (unpaired) electrons. The minimum absolute atomic E-state index is 0.305. The molecule has 1 aromatic heterocycles. The summed E-state index contributed by atoms with van der Waals surface area (Å²) in [6.45, 7) is 3.38. The summed E-state index contributed by atoms with van der Waals surface area (Å²) in [5.74, 6) is -1.00. The molecule has 2 aromatic carbocycles. The molecule has 1 atom stereocenters. The fourth-order valence-corrected chi connectivity index (χ4v) is 2.60. The van der Waals surface area contributed by atoms with Crippen molar-refractivity contribution in [2.45, 2.75) is 20.0 Å². The van der Waals surface area contributed by atoms with Crippen molar-refractivity contribution >= 4 is 40.1 Å². The highest BCUT2D eigenvalue weighted by atomic mass is 35.5. The number of ether oxygens (including phenoxy) is 1. The Morgan fingerprint density at radius 1 is 1.16 bits per heavy atom. The minimum atomic E-state index is -0.947. The average Bonchev–Trinajstić information content (AvgIpc) is 3.02. The highest BCUT2D eigenvalue weighted by molar-refractivity contribution is 6.31. The molecule has 0 aliphatic heterocycles. The number of carbonyl (C=O) groups excluding carboxylic acids is 2. The van der Waals surface area contributed by atoms with Crippen LogP contribution < -0.4 is 5.32 Å². The number of halogens is 1. The maximum Gasteiger partial charge on any atom is 0.355 e. The molecular weight excluding hydrogens is 340 g/mol. The highest BCUT2D eigenvalue weighted by Gasteiger charge is 2.20. The summed E-state index contributed by atoms with van der Waals surface area (Å²) < 4.78 is 5.25. The zero-order chi connectivity index (χ0) is 18.0. The van der Waals surface area contributed by atoms with Crippen molar-refractivity contribution < 1.29 is 14.3 Å². The van der Waals surface area contributed by atoms with Crippen LogP contribution in [0.25, 0.3) is 10.9 Å². The molecule has 3 rings (SSSR count). The maximum absolute atomic E-state index is 12.3. The summed E-state index contributed by atoms with van der Waals surface area (Å²) in [5.41, 5.74) is 2.60. The molecule has 0 spiro atoms. The Labute approximate surface area is 149 Å². The first-order valence-corrected chi connectivity index (χ1v) is 8.17. The Bertz CT molecular complexity index is 916. The van der Waals surface area contributed by atoms with E-state index in [9.17, 15) is 9.59 Å². The second-order valence-corrected chi connectivity index (χ2v) is 6.20. The largest absolute Gasteiger partial charge is 0.448 e. The quantitative estimate of drug-likeness (QED) is 0.684. The normalized spacial score (nSPS) is 12.0. The van der Waals surface area contributed by atoms with Crippen LogP contribution in [0, 0.1) is 6.92 Å². The van der Waals surface area contributed by atoms with Gasteiger partial charge in [-0.1, -0.05) is 35.9 Å². The van der Waals surface area contributed by atoms with Gasteiger partial charge in [0.05, 0.1) is 0 Å². The van der Waals surface area contributed by atoms with E-state index in [1.165, 1.54) is 6.92 Å². The lowest BCUT2D eigenvalue weighted by atomic mass is 10.2. The molecule has 25 heavy (non-hydrogen) atoms. The summed E-state index contributed by atoms with van der Waals surface area (Å²) in [5, 5.41) is 4.14. The van der Waals surface area contributed by atoms with Crippen LogP contribution in [0.3, 0.4) is 0 Å². The lowest BCUT2D eigenvalue weighted by Gasteiger charge is -2.14. The molecule has 5 nitrogen and oxygen atoms in total. The number of fused-ring (bicyclic) bond motifs is 1. The van der Waals surface area contributed by atoms with Gasteiger partial charge in [-0.05, 0) is 43.7 Å². The Hall–Kier alpha value is -2.79. The van der Waals surface area contributed by atoms with Crippen LogP contribution in [0.5, 0.6) is 0 Å². The van der Waals surface area contributed by atoms with E-state index in [-0.39, 0.29) is 0 Å². The van der Waals surface area contributed by atoms with E-state index in [0.717, 1.165) is 16.5 Å².